The minimum Gasteiger partial charge on any atom is -0.296 e. The molecular weight excluding hydrogens is 308 g/mol. The fourth-order valence-corrected chi connectivity index (χ4v) is 3.57. The van der Waals surface area contributed by atoms with E-state index in [0.717, 1.165) is 5.69 Å². The van der Waals surface area contributed by atoms with Crippen molar-refractivity contribution in [2.75, 3.05) is 5.32 Å². The molecule has 2 fully saturated rings. The van der Waals surface area contributed by atoms with Gasteiger partial charge in [0.15, 0.2) is 10.8 Å². The standard InChI is InChI=1S/C17H22N4OS/c1-17(2,3)21-14(11-6-7-11)8-12(20-21)15(22)19-16-18-13(9-23-16)10-4-5-10/h8-11H,4-7H2,1-3H3,(H,18,19,22). The second kappa shape index (κ2) is 5.16. The third-order valence-corrected chi connectivity index (χ3v) is 5.11. The van der Waals surface area contributed by atoms with Gasteiger partial charge in [-0.1, -0.05) is 0 Å². The highest BCUT2D eigenvalue weighted by Crippen LogP contribution is 2.42. The SMILES string of the molecule is CC(C)(C)n1nc(C(=O)Nc2nc(C3CC3)cs2)cc1C1CC1. The predicted molar refractivity (Wildman–Crippen MR) is 91.2 cm³/mol. The number of anilines is 1. The maximum Gasteiger partial charge on any atom is 0.277 e. The lowest BCUT2D eigenvalue weighted by Crippen LogP contribution is -2.25. The van der Waals surface area contributed by atoms with Gasteiger partial charge in [0.1, 0.15) is 0 Å². The van der Waals surface area contributed by atoms with Gasteiger partial charge in [-0.2, -0.15) is 5.10 Å². The Morgan fingerprint density at radius 1 is 1.26 bits per heavy atom. The van der Waals surface area contributed by atoms with Gasteiger partial charge in [0.25, 0.3) is 5.91 Å². The predicted octanol–water partition coefficient (Wildman–Crippen LogP) is 4.10. The van der Waals surface area contributed by atoms with Crippen LogP contribution >= 0.6 is 11.3 Å². The molecular formula is C17H22N4OS. The molecule has 23 heavy (non-hydrogen) atoms. The van der Waals surface area contributed by atoms with Crippen molar-refractivity contribution in [2.45, 2.75) is 63.8 Å². The molecule has 1 amide bonds. The Hall–Kier alpha value is -1.69. The molecule has 2 aromatic heterocycles. The van der Waals surface area contributed by atoms with Crippen molar-refractivity contribution < 1.29 is 4.79 Å². The van der Waals surface area contributed by atoms with E-state index >= 15 is 0 Å². The van der Waals surface area contributed by atoms with Crippen LogP contribution in [0.4, 0.5) is 5.13 Å². The molecule has 2 aromatic rings. The molecule has 2 aliphatic rings. The molecule has 0 saturated heterocycles. The Balaban J connectivity index is 1.55. The summed E-state index contributed by atoms with van der Waals surface area (Å²) in [6.45, 7) is 6.36. The van der Waals surface area contributed by atoms with Gasteiger partial charge < -0.3 is 0 Å². The topological polar surface area (TPSA) is 59.8 Å². The van der Waals surface area contributed by atoms with Crippen molar-refractivity contribution in [1.29, 1.82) is 0 Å². The van der Waals surface area contributed by atoms with E-state index in [0.29, 0.717) is 22.7 Å². The zero-order valence-corrected chi connectivity index (χ0v) is 14.6. The molecule has 4 rings (SSSR count). The number of carbonyl (C=O) groups is 1. The van der Waals surface area contributed by atoms with Gasteiger partial charge >= 0.3 is 0 Å². The van der Waals surface area contributed by atoms with Crippen LogP contribution in [0.1, 0.15) is 80.2 Å². The first-order valence-electron chi connectivity index (χ1n) is 8.29. The van der Waals surface area contributed by atoms with Crippen LogP contribution in [-0.4, -0.2) is 20.7 Å². The van der Waals surface area contributed by atoms with Crippen molar-refractivity contribution in [3.63, 3.8) is 0 Å². The van der Waals surface area contributed by atoms with E-state index in [4.69, 9.17) is 0 Å². The molecule has 5 nitrogen and oxygen atoms in total. The fourth-order valence-electron chi connectivity index (χ4n) is 2.79. The minimum atomic E-state index is -0.161. The summed E-state index contributed by atoms with van der Waals surface area (Å²) in [6, 6.07) is 1.95. The number of nitrogens with zero attached hydrogens (tertiary/aromatic N) is 3. The van der Waals surface area contributed by atoms with Crippen molar-refractivity contribution >= 4 is 22.4 Å². The van der Waals surface area contributed by atoms with Crippen LogP contribution < -0.4 is 5.32 Å². The number of rotatable bonds is 4. The number of hydrogen-bond donors (Lipinski definition) is 1. The van der Waals surface area contributed by atoms with Gasteiger partial charge in [-0.05, 0) is 52.5 Å². The summed E-state index contributed by atoms with van der Waals surface area (Å²) in [5.41, 5.74) is 2.67. The number of amides is 1. The summed E-state index contributed by atoms with van der Waals surface area (Å²) in [6.07, 6.45) is 4.83. The van der Waals surface area contributed by atoms with Crippen LogP contribution in [0.2, 0.25) is 0 Å². The monoisotopic (exact) mass is 330 g/mol. The molecule has 1 N–H and O–H groups in total. The molecule has 0 radical (unpaired) electrons. The van der Waals surface area contributed by atoms with Crippen LogP contribution in [0.3, 0.4) is 0 Å². The lowest BCUT2D eigenvalue weighted by molar-refractivity contribution is 0.102. The molecule has 0 spiro atoms. The van der Waals surface area contributed by atoms with Crippen molar-refractivity contribution in [3.8, 4) is 0 Å². The lowest BCUT2D eigenvalue weighted by atomic mass is 10.1. The van der Waals surface area contributed by atoms with Gasteiger partial charge in [0.2, 0.25) is 0 Å². The Morgan fingerprint density at radius 3 is 2.57 bits per heavy atom. The van der Waals surface area contributed by atoms with Crippen LogP contribution in [0.25, 0.3) is 0 Å². The number of aromatic nitrogens is 3. The Morgan fingerprint density at radius 2 is 1.96 bits per heavy atom. The van der Waals surface area contributed by atoms with Crippen molar-refractivity contribution in [1.82, 2.24) is 14.8 Å². The highest BCUT2D eigenvalue weighted by Gasteiger charge is 2.32. The van der Waals surface area contributed by atoms with Crippen LogP contribution in [-0.2, 0) is 5.54 Å². The number of nitrogens with one attached hydrogen (secondary N) is 1. The first-order valence-corrected chi connectivity index (χ1v) is 9.17. The molecule has 122 valence electrons. The Bertz CT molecular complexity index is 747. The third-order valence-electron chi connectivity index (χ3n) is 4.34. The number of thiazole rings is 1. The van der Waals surface area contributed by atoms with Crippen LogP contribution in [0.5, 0.6) is 0 Å². The zero-order chi connectivity index (χ0) is 16.2. The van der Waals surface area contributed by atoms with Gasteiger partial charge in [-0.25, -0.2) is 4.98 Å². The first-order chi connectivity index (χ1) is 10.9. The molecule has 0 aromatic carbocycles. The normalized spacial score (nSPS) is 18.2. The molecule has 2 aliphatic carbocycles. The van der Waals surface area contributed by atoms with Crippen molar-refractivity contribution in [3.05, 3.63) is 28.5 Å². The second-order valence-corrected chi connectivity index (χ2v) is 8.48. The number of hydrogen-bond acceptors (Lipinski definition) is 4. The molecule has 0 aliphatic heterocycles. The van der Waals surface area contributed by atoms with Gasteiger partial charge in [-0.15, -0.1) is 11.3 Å². The van der Waals surface area contributed by atoms with E-state index < -0.39 is 0 Å². The van der Waals surface area contributed by atoms with Gasteiger partial charge in [-0.3, -0.25) is 14.8 Å². The Labute approximate surface area is 140 Å². The largest absolute Gasteiger partial charge is 0.296 e. The van der Waals surface area contributed by atoms with Gasteiger partial charge in [0.05, 0.1) is 11.2 Å². The average Bonchev–Trinajstić information content (AvgIpc) is 3.41. The van der Waals surface area contributed by atoms with E-state index in [1.807, 2.05) is 10.7 Å². The summed E-state index contributed by atoms with van der Waals surface area (Å²) in [5, 5.41) is 10.2. The molecule has 6 heteroatoms. The molecule has 0 atom stereocenters. The summed E-state index contributed by atoms with van der Waals surface area (Å²) >= 11 is 1.50. The highest BCUT2D eigenvalue weighted by molar-refractivity contribution is 7.14. The molecule has 0 unspecified atom stereocenters. The summed E-state index contributed by atoms with van der Waals surface area (Å²) in [5.74, 6) is 1.01. The molecule has 2 saturated carbocycles. The van der Waals surface area contributed by atoms with Crippen LogP contribution in [0, 0.1) is 0 Å². The smallest absolute Gasteiger partial charge is 0.277 e. The summed E-state index contributed by atoms with van der Waals surface area (Å²) in [4.78, 5) is 17.0. The van der Waals surface area contributed by atoms with E-state index in [1.165, 1.54) is 42.7 Å². The van der Waals surface area contributed by atoms with E-state index in [9.17, 15) is 4.79 Å². The lowest BCUT2D eigenvalue weighted by Gasteiger charge is -2.22. The van der Waals surface area contributed by atoms with E-state index in [1.54, 1.807) is 0 Å². The minimum absolute atomic E-state index is 0.114. The summed E-state index contributed by atoms with van der Waals surface area (Å²) in [7, 11) is 0. The third kappa shape index (κ3) is 3.04. The average molecular weight is 330 g/mol. The highest BCUT2D eigenvalue weighted by atomic mass is 32.1. The van der Waals surface area contributed by atoms with E-state index in [-0.39, 0.29) is 11.4 Å². The van der Waals surface area contributed by atoms with E-state index in [2.05, 4.69) is 41.6 Å². The maximum absolute atomic E-state index is 12.5. The van der Waals surface area contributed by atoms with Crippen molar-refractivity contribution in [2.24, 2.45) is 0 Å². The number of carbonyl (C=O) groups excluding carboxylic acids is 1. The molecule has 2 heterocycles. The zero-order valence-electron chi connectivity index (χ0n) is 13.8. The quantitative estimate of drug-likeness (QED) is 0.918. The second-order valence-electron chi connectivity index (χ2n) is 7.62. The molecule has 0 bridgehead atoms. The summed E-state index contributed by atoms with van der Waals surface area (Å²) < 4.78 is 2.01. The van der Waals surface area contributed by atoms with Gasteiger partial charge in [0, 0.05) is 22.9 Å². The first kappa shape index (κ1) is 14.9. The Kier molecular flexibility index (Phi) is 3.34. The fraction of sp³-hybridized carbons (Fsp3) is 0.588. The maximum atomic E-state index is 12.5. The van der Waals surface area contributed by atoms with Crippen LogP contribution in [0.15, 0.2) is 11.4 Å².